The summed E-state index contributed by atoms with van der Waals surface area (Å²) < 4.78 is 0.937. The van der Waals surface area contributed by atoms with Gasteiger partial charge in [-0.15, -0.1) is 0 Å². The summed E-state index contributed by atoms with van der Waals surface area (Å²) >= 11 is 3.35. The van der Waals surface area contributed by atoms with Gasteiger partial charge in [-0.05, 0) is 34.7 Å². The molecule has 15 heavy (non-hydrogen) atoms. The van der Waals surface area contributed by atoms with E-state index >= 15 is 0 Å². The molecule has 0 spiro atoms. The molecule has 1 aromatic carbocycles. The van der Waals surface area contributed by atoms with E-state index in [9.17, 15) is 4.79 Å². The van der Waals surface area contributed by atoms with Crippen LogP contribution in [0.15, 0.2) is 30.5 Å². The summed E-state index contributed by atoms with van der Waals surface area (Å²) in [6.45, 7) is 0. The number of benzene rings is 1. The second-order valence-electron chi connectivity index (χ2n) is 2.87. The van der Waals surface area contributed by atoms with Crippen LogP contribution in [-0.2, 0) is 0 Å². The Morgan fingerprint density at radius 1 is 1.40 bits per heavy atom. The molecule has 5 heteroatoms. The molecule has 0 fully saturated rings. The van der Waals surface area contributed by atoms with Crippen LogP contribution in [0.4, 0.5) is 5.13 Å². The van der Waals surface area contributed by atoms with Crippen molar-refractivity contribution in [3.8, 4) is 0 Å². The van der Waals surface area contributed by atoms with Gasteiger partial charge < -0.3 is 5.73 Å². The Kier molecular flexibility index (Phi) is 3.01. The Hall–Kier alpha value is -0.950. The van der Waals surface area contributed by atoms with Crippen molar-refractivity contribution in [2.75, 3.05) is 5.73 Å². The van der Waals surface area contributed by atoms with Gasteiger partial charge in [0.25, 0.3) is 0 Å². The molecule has 2 rings (SSSR count). The first kappa shape index (κ1) is 10.6. The van der Waals surface area contributed by atoms with Crippen molar-refractivity contribution in [1.82, 2.24) is 4.98 Å². The van der Waals surface area contributed by atoms with Crippen molar-refractivity contribution < 1.29 is 4.79 Å². The predicted molar refractivity (Wildman–Crippen MR) is 69.1 cm³/mol. The lowest BCUT2D eigenvalue weighted by Crippen LogP contribution is -2.00. The average molecular weight is 330 g/mol. The number of halogens is 1. The summed E-state index contributed by atoms with van der Waals surface area (Å²) in [5.41, 5.74) is 6.18. The highest BCUT2D eigenvalue weighted by Crippen LogP contribution is 2.21. The number of thiazole rings is 1. The number of hydrogen-bond donors (Lipinski definition) is 1. The number of aromatic nitrogens is 1. The maximum absolute atomic E-state index is 12.0. The number of anilines is 1. The van der Waals surface area contributed by atoms with Gasteiger partial charge in [0.05, 0.1) is 11.1 Å². The molecule has 0 unspecified atom stereocenters. The SMILES string of the molecule is Nc1ncc(C(=O)c2ccccc2I)s1. The number of ketones is 1. The number of nitrogen functional groups attached to an aromatic ring is 1. The van der Waals surface area contributed by atoms with Crippen LogP contribution in [0.3, 0.4) is 0 Å². The first-order chi connectivity index (χ1) is 7.18. The van der Waals surface area contributed by atoms with Crippen molar-refractivity contribution in [3.05, 3.63) is 44.5 Å². The van der Waals surface area contributed by atoms with E-state index < -0.39 is 0 Å². The third-order valence-corrected chi connectivity index (χ3v) is 3.63. The lowest BCUT2D eigenvalue weighted by atomic mass is 10.1. The molecule has 0 aliphatic heterocycles. The van der Waals surface area contributed by atoms with Crippen molar-refractivity contribution >= 4 is 44.8 Å². The Bertz CT molecular complexity index is 510. The number of carbonyl (C=O) groups excluding carboxylic acids is 1. The second-order valence-corrected chi connectivity index (χ2v) is 5.10. The number of nitrogens with two attached hydrogens (primary N) is 1. The molecular weight excluding hydrogens is 323 g/mol. The van der Waals surface area contributed by atoms with Gasteiger partial charge in [-0.1, -0.05) is 23.5 Å². The zero-order valence-electron chi connectivity index (χ0n) is 7.61. The Labute approximate surface area is 104 Å². The predicted octanol–water partition coefficient (Wildman–Crippen LogP) is 2.56. The minimum atomic E-state index is -0.0193. The highest BCUT2D eigenvalue weighted by molar-refractivity contribution is 14.1. The summed E-state index contributed by atoms with van der Waals surface area (Å²) in [5, 5.41) is 0.421. The van der Waals surface area contributed by atoms with Gasteiger partial charge in [-0.2, -0.15) is 0 Å². The first-order valence-electron chi connectivity index (χ1n) is 4.19. The maximum Gasteiger partial charge on any atom is 0.205 e. The number of carbonyl (C=O) groups is 1. The lowest BCUT2D eigenvalue weighted by Gasteiger charge is -1.99. The topological polar surface area (TPSA) is 56.0 Å². The summed E-state index contributed by atoms with van der Waals surface area (Å²) in [5.74, 6) is -0.0193. The summed E-state index contributed by atoms with van der Waals surface area (Å²) in [7, 11) is 0. The van der Waals surface area contributed by atoms with E-state index in [-0.39, 0.29) is 5.78 Å². The fraction of sp³-hybridized carbons (Fsp3) is 0. The third-order valence-electron chi connectivity index (χ3n) is 1.87. The minimum Gasteiger partial charge on any atom is -0.375 e. The van der Waals surface area contributed by atoms with Crippen LogP contribution in [0.2, 0.25) is 0 Å². The van der Waals surface area contributed by atoms with E-state index in [4.69, 9.17) is 5.73 Å². The van der Waals surface area contributed by atoms with Gasteiger partial charge in [0.2, 0.25) is 5.78 Å². The second kappa shape index (κ2) is 4.28. The molecule has 1 aromatic heterocycles. The molecule has 0 bridgehead atoms. The number of nitrogens with zero attached hydrogens (tertiary/aromatic N) is 1. The van der Waals surface area contributed by atoms with Gasteiger partial charge >= 0.3 is 0 Å². The Morgan fingerprint density at radius 2 is 2.13 bits per heavy atom. The molecule has 76 valence electrons. The molecule has 0 radical (unpaired) electrons. The third kappa shape index (κ3) is 2.18. The average Bonchev–Trinajstić information content (AvgIpc) is 2.65. The van der Waals surface area contributed by atoms with Crippen molar-refractivity contribution in [2.45, 2.75) is 0 Å². The quantitative estimate of drug-likeness (QED) is 0.680. The molecule has 0 saturated heterocycles. The zero-order chi connectivity index (χ0) is 10.8. The fourth-order valence-electron chi connectivity index (χ4n) is 1.17. The van der Waals surface area contributed by atoms with E-state index in [1.54, 1.807) is 6.07 Å². The van der Waals surface area contributed by atoms with Crippen LogP contribution in [0.1, 0.15) is 15.2 Å². The van der Waals surface area contributed by atoms with Gasteiger partial charge in [0.1, 0.15) is 0 Å². The maximum atomic E-state index is 12.0. The summed E-state index contributed by atoms with van der Waals surface area (Å²) in [6, 6.07) is 7.46. The van der Waals surface area contributed by atoms with Crippen LogP contribution in [0, 0.1) is 3.57 Å². The molecular formula is C10H7IN2OS. The van der Waals surface area contributed by atoms with Gasteiger partial charge in [-0.25, -0.2) is 4.98 Å². The van der Waals surface area contributed by atoms with Crippen LogP contribution in [0.5, 0.6) is 0 Å². The molecule has 2 aromatic rings. The molecule has 3 nitrogen and oxygen atoms in total. The number of hydrogen-bond acceptors (Lipinski definition) is 4. The van der Waals surface area contributed by atoms with Crippen LogP contribution in [-0.4, -0.2) is 10.8 Å². The van der Waals surface area contributed by atoms with Crippen molar-refractivity contribution in [1.29, 1.82) is 0 Å². The van der Waals surface area contributed by atoms with Crippen molar-refractivity contribution in [3.63, 3.8) is 0 Å². The molecule has 0 atom stereocenters. The molecule has 0 amide bonds. The Balaban J connectivity index is 2.41. The molecule has 0 aliphatic carbocycles. The smallest absolute Gasteiger partial charge is 0.205 e. The van der Waals surface area contributed by atoms with Crippen LogP contribution >= 0.6 is 33.9 Å². The highest BCUT2D eigenvalue weighted by Gasteiger charge is 2.14. The van der Waals surface area contributed by atoms with Crippen LogP contribution < -0.4 is 5.73 Å². The molecule has 0 saturated carbocycles. The first-order valence-corrected chi connectivity index (χ1v) is 6.08. The fourth-order valence-corrected chi connectivity index (χ4v) is 2.44. The van der Waals surface area contributed by atoms with Gasteiger partial charge in [-0.3, -0.25) is 4.79 Å². The summed E-state index contributed by atoms with van der Waals surface area (Å²) in [6.07, 6.45) is 1.52. The standard InChI is InChI=1S/C10H7IN2OS/c11-7-4-2-1-3-6(7)9(14)8-5-13-10(12)15-8/h1-5H,(H2,12,13). The zero-order valence-corrected chi connectivity index (χ0v) is 10.6. The molecule has 0 aliphatic rings. The summed E-state index contributed by atoms with van der Waals surface area (Å²) in [4.78, 5) is 16.4. The number of rotatable bonds is 2. The normalized spacial score (nSPS) is 10.2. The molecule has 1 heterocycles. The van der Waals surface area contributed by atoms with E-state index in [0.717, 1.165) is 3.57 Å². The molecule has 2 N–H and O–H groups in total. The lowest BCUT2D eigenvalue weighted by molar-refractivity contribution is 0.104. The van der Waals surface area contributed by atoms with E-state index in [1.807, 2.05) is 18.2 Å². The monoisotopic (exact) mass is 330 g/mol. The van der Waals surface area contributed by atoms with Crippen molar-refractivity contribution in [2.24, 2.45) is 0 Å². The highest BCUT2D eigenvalue weighted by atomic mass is 127. The van der Waals surface area contributed by atoms with Gasteiger partial charge in [0.15, 0.2) is 5.13 Å². The largest absolute Gasteiger partial charge is 0.375 e. The van der Waals surface area contributed by atoms with E-state index in [2.05, 4.69) is 27.6 Å². The Morgan fingerprint density at radius 3 is 2.73 bits per heavy atom. The van der Waals surface area contributed by atoms with Crippen LogP contribution in [0.25, 0.3) is 0 Å². The minimum absolute atomic E-state index is 0.0193. The van der Waals surface area contributed by atoms with E-state index in [1.165, 1.54) is 17.5 Å². The van der Waals surface area contributed by atoms with E-state index in [0.29, 0.717) is 15.6 Å². The van der Waals surface area contributed by atoms with Gasteiger partial charge in [0, 0.05) is 9.13 Å².